The Hall–Kier alpha value is -1.16. The predicted molar refractivity (Wildman–Crippen MR) is 51.6 cm³/mol. The average Bonchev–Trinajstić information content (AvgIpc) is 2.19. The number of anilines is 1. The number of rotatable bonds is 1. The molecule has 1 atom stereocenters. The number of aliphatic hydroxyl groups is 1. The number of β-amino-alcohol motifs (C(OH)–C–C–N with tert-alkyl or cyclic N) is 1. The number of hydrogen-bond acceptors (Lipinski definition) is 3. The minimum absolute atomic E-state index is 0.282. The number of piperidine rings is 1. The molecule has 0 bridgehead atoms. The summed E-state index contributed by atoms with van der Waals surface area (Å²) in [5.74, 6) is 0.413. The SMILES string of the molecule is O[C@H]1CCCN(c2ccc(F)cn2)C1. The lowest BCUT2D eigenvalue weighted by atomic mass is 10.1. The van der Waals surface area contributed by atoms with Crippen molar-refractivity contribution in [2.24, 2.45) is 0 Å². The monoisotopic (exact) mass is 196 g/mol. The molecule has 1 saturated heterocycles. The second-order valence-corrected chi connectivity index (χ2v) is 3.58. The molecule has 1 aliphatic rings. The molecule has 1 aliphatic heterocycles. The van der Waals surface area contributed by atoms with Gasteiger partial charge in [0, 0.05) is 13.1 Å². The maximum Gasteiger partial charge on any atom is 0.141 e. The maximum absolute atomic E-state index is 12.6. The summed E-state index contributed by atoms with van der Waals surface area (Å²) >= 11 is 0. The van der Waals surface area contributed by atoms with Crippen LogP contribution >= 0.6 is 0 Å². The number of pyridine rings is 1. The number of hydrogen-bond donors (Lipinski definition) is 1. The van der Waals surface area contributed by atoms with E-state index >= 15 is 0 Å². The van der Waals surface area contributed by atoms with Gasteiger partial charge in [-0.15, -0.1) is 0 Å². The van der Waals surface area contributed by atoms with Gasteiger partial charge in [-0.2, -0.15) is 0 Å². The number of halogens is 1. The van der Waals surface area contributed by atoms with Crippen molar-refractivity contribution in [3.05, 3.63) is 24.1 Å². The van der Waals surface area contributed by atoms with Crippen molar-refractivity contribution in [3.63, 3.8) is 0 Å². The van der Waals surface area contributed by atoms with Gasteiger partial charge in [0.1, 0.15) is 11.6 Å². The summed E-state index contributed by atoms with van der Waals surface area (Å²) in [6.07, 6.45) is 2.73. The van der Waals surface area contributed by atoms with Crippen molar-refractivity contribution in [1.82, 2.24) is 4.98 Å². The lowest BCUT2D eigenvalue weighted by Gasteiger charge is -2.30. The maximum atomic E-state index is 12.6. The first kappa shape index (κ1) is 9.40. The highest BCUT2D eigenvalue weighted by Crippen LogP contribution is 2.17. The summed E-state index contributed by atoms with van der Waals surface area (Å²) < 4.78 is 12.6. The summed E-state index contributed by atoms with van der Waals surface area (Å²) in [6, 6.07) is 3.04. The Morgan fingerprint density at radius 3 is 3.00 bits per heavy atom. The zero-order valence-electron chi connectivity index (χ0n) is 7.86. The van der Waals surface area contributed by atoms with E-state index in [0.717, 1.165) is 25.2 Å². The predicted octanol–water partition coefficient (Wildman–Crippen LogP) is 1.18. The molecule has 0 spiro atoms. The highest BCUT2D eigenvalue weighted by Gasteiger charge is 2.18. The van der Waals surface area contributed by atoms with E-state index in [4.69, 9.17) is 0 Å². The fourth-order valence-electron chi connectivity index (χ4n) is 1.72. The van der Waals surface area contributed by atoms with Crippen LogP contribution in [0.1, 0.15) is 12.8 Å². The molecule has 1 aromatic rings. The van der Waals surface area contributed by atoms with Crippen LogP contribution in [0.5, 0.6) is 0 Å². The van der Waals surface area contributed by atoms with Gasteiger partial charge < -0.3 is 10.0 Å². The van der Waals surface area contributed by atoms with Crippen LogP contribution in [-0.4, -0.2) is 29.3 Å². The van der Waals surface area contributed by atoms with Gasteiger partial charge in [-0.25, -0.2) is 9.37 Å². The molecule has 1 N–H and O–H groups in total. The summed E-state index contributed by atoms with van der Waals surface area (Å²) in [6.45, 7) is 1.48. The average molecular weight is 196 g/mol. The quantitative estimate of drug-likeness (QED) is 0.732. The molecule has 14 heavy (non-hydrogen) atoms. The Morgan fingerprint density at radius 2 is 2.36 bits per heavy atom. The van der Waals surface area contributed by atoms with Crippen molar-refractivity contribution >= 4 is 5.82 Å². The van der Waals surface area contributed by atoms with Crippen LogP contribution in [0.2, 0.25) is 0 Å². The summed E-state index contributed by atoms with van der Waals surface area (Å²) in [5.41, 5.74) is 0. The van der Waals surface area contributed by atoms with E-state index in [9.17, 15) is 9.50 Å². The van der Waals surface area contributed by atoms with Gasteiger partial charge in [0.25, 0.3) is 0 Å². The van der Waals surface area contributed by atoms with Crippen molar-refractivity contribution in [2.45, 2.75) is 18.9 Å². The molecule has 76 valence electrons. The topological polar surface area (TPSA) is 36.4 Å². The van der Waals surface area contributed by atoms with Crippen LogP contribution < -0.4 is 4.90 Å². The largest absolute Gasteiger partial charge is 0.391 e. The van der Waals surface area contributed by atoms with Gasteiger partial charge in [0.15, 0.2) is 0 Å². The molecule has 0 radical (unpaired) electrons. The number of nitrogens with zero attached hydrogens (tertiary/aromatic N) is 2. The standard InChI is InChI=1S/C10H13FN2O/c11-8-3-4-10(12-6-8)13-5-1-2-9(14)7-13/h3-4,6,9,14H,1-2,5,7H2/t9-/m0/s1. The van der Waals surface area contributed by atoms with Crippen molar-refractivity contribution in [1.29, 1.82) is 0 Å². The summed E-state index contributed by atoms with van der Waals surface area (Å²) in [7, 11) is 0. The molecule has 0 aromatic carbocycles. The van der Waals surface area contributed by atoms with Crippen LogP contribution in [0.4, 0.5) is 10.2 Å². The molecule has 1 aromatic heterocycles. The van der Waals surface area contributed by atoms with E-state index in [0.29, 0.717) is 6.54 Å². The molecule has 0 saturated carbocycles. The Labute approximate surface area is 82.2 Å². The van der Waals surface area contributed by atoms with Gasteiger partial charge in [0.05, 0.1) is 12.3 Å². The minimum atomic E-state index is -0.327. The van der Waals surface area contributed by atoms with Gasteiger partial charge in [-0.1, -0.05) is 0 Å². The summed E-state index contributed by atoms with van der Waals surface area (Å²) in [5, 5.41) is 9.45. The minimum Gasteiger partial charge on any atom is -0.391 e. The van der Waals surface area contributed by atoms with Crippen LogP contribution in [0, 0.1) is 5.82 Å². The smallest absolute Gasteiger partial charge is 0.141 e. The van der Waals surface area contributed by atoms with Crippen LogP contribution in [-0.2, 0) is 0 Å². The second-order valence-electron chi connectivity index (χ2n) is 3.58. The third-order valence-corrected chi connectivity index (χ3v) is 2.43. The van der Waals surface area contributed by atoms with E-state index < -0.39 is 0 Å². The van der Waals surface area contributed by atoms with E-state index in [-0.39, 0.29) is 11.9 Å². The lowest BCUT2D eigenvalue weighted by molar-refractivity contribution is 0.154. The van der Waals surface area contributed by atoms with Gasteiger partial charge in [0.2, 0.25) is 0 Å². The highest BCUT2D eigenvalue weighted by molar-refractivity contribution is 5.38. The van der Waals surface area contributed by atoms with Gasteiger partial charge in [-0.3, -0.25) is 0 Å². The van der Waals surface area contributed by atoms with Gasteiger partial charge >= 0.3 is 0 Å². The van der Waals surface area contributed by atoms with Crippen molar-refractivity contribution in [3.8, 4) is 0 Å². The Balaban J connectivity index is 2.10. The summed E-state index contributed by atoms with van der Waals surface area (Å²) in [4.78, 5) is 5.96. The zero-order valence-corrected chi connectivity index (χ0v) is 7.86. The Morgan fingerprint density at radius 1 is 1.50 bits per heavy atom. The zero-order chi connectivity index (χ0) is 9.97. The molecule has 2 heterocycles. The van der Waals surface area contributed by atoms with Crippen molar-refractivity contribution in [2.75, 3.05) is 18.0 Å². The third kappa shape index (κ3) is 2.01. The van der Waals surface area contributed by atoms with E-state index in [1.807, 2.05) is 4.90 Å². The molecule has 4 heteroatoms. The molecule has 0 unspecified atom stereocenters. The second kappa shape index (κ2) is 3.92. The fraction of sp³-hybridized carbons (Fsp3) is 0.500. The molecule has 0 aliphatic carbocycles. The first-order valence-corrected chi connectivity index (χ1v) is 4.80. The van der Waals surface area contributed by atoms with Crippen LogP contribution in [0.15, 0.2) is 18.3 Å². The first-order valence-electron chi connectivity index (χ1n) is 4.80. The van der Waals surface area contributed by atoms with Crippen LogP contribution in [0.25, 0.3) is 0 Å². The first-order chi connectivity index (χ1) is 6.75. The Bertz CT molecular complexity index is 301. The molecule has 0 amide bonds. The van der Waals surface area contributed by atoms with E-state index in [2.05, 4.69) is 4.98 Å². The van der Waals surface area contributed by atoms with Gasteiger partial charge in [-0.05, 0) is 25.0 Å². The molecule has 3 nitrogen and oxygen atoms in total. The molecular weight excluding hydrogens is 183 g/mol. The number of aromatic nitrogens is 1. The third-order valence-electron chi connectivity index (χ3n) is 2.43. The lowest BCUT2D eigenvalue weighted by Crippen LogP contribution is -2.38. The molecule has 1 fully saturated rings. The number of aliphatic hydroxyl groups excluding tert-OH is 1. The molecule has 2 rings (SSSR count). The van der Waals surface area contributed by atoms with Crippen LogP contribution in [0.3, 0.4) is 0 Å². The van der Waals surface area contributed by atoms with E-state index in [1.54, 1.807) is 6.07 Å². The normalized spacial score (nSPS) is 22.4. The van der Waals surface area contributed by atoms with Crippen molar-refractivity contribution < 1.29 is 9.50 Å². The Kier molecular flexibility index (Phi) is 2.63. The van der Waals surface area contributed by atoms with E-state index in [1.165, 1.54) is 12.3 Å². The molecular formula is C10H13FN2O. The highest BCUT2D eigenvalue weighted by atomic mass is 19.1. The fourth-order valence-corrected chi connectivity index (χ4v) is 1.72.